The Balaban J connectivity index is 0.00000243. The average molecular weight is 469 g/mol. The van der Waals surface area contributed by atoms with Crippen molar-refractivity contribution >= 4 is 29.9 Å². The molecule has 1 fully saturated rings. The normalized spacial score (nSPS) is 15.4. The second kappa shape index (κ2) is 11.1. The molecule has 0 bridgehead atoms. The molecule has 0 radical (unpaired) electrons. The third-order valence-corrected chi connectivity index (χ3v) is 4.43. The summed E-state index contributed by atoms with van der Waals surface area (Å²) >= 11 is 0. The first-order valence-electron chi connectivity index (χ1n) is 8.98. The number of hydrogen-bond acceptors (Lipinski definition) is 3. The maximum Gasteiger partial charge on any atom is 0.193 e. The van der Waals surface area contributed by atoms with E-state index < -0.39 is 0 Å². The molecule has 3 rings (SSSR count). The molecule has 1 aliphatic heterocycles. The lowest BCUT2D eigenvalue weighted by atomic mass is 10.1. The molecular formula is C19H28IN5O. The standard InChI is InChI=1S/C19H27N5O.HI/c1-20-19(22-10-5-12-23-15-11-21-16-23)24-13-8-18(9-14-24)25-17-6-3-2-4-7-17;/h2-4,6-7,11,15-16,18H,5,8-10,12-14H2,1H3,(H,20,22);1H. The topological polar surface area (TPSA) is 54.7 Å². The molecule has 1 aliphatic rings. The van der Waals surface area contributed by atoms with E-state index in [2.05, 4.69) is 24.8 Å². The smallest absolute Gasteiger partial charge is 0.193 e. The second-order valence-electron chi connectivity index (χ2n) is 6.25. The number of guanidine groups is 1. The third kappa shape index (κ3) is 6.19. The molecule has 1 aromatic heterocycles. The highest BCUT2D eigenvalue weighted by atomic mass is 127. The Hall–Kier alpha value is -1.77. The van der Waals surface area contributed by atoms with Crippen LogP contribution in [0.1, 0.15) is 19.3 Å². The number of piperidine rings is 1. The van der Waals surface area contributed by atoms with Gasteiger partial charge in [0.25, 0.3) is 0 Å². The number of nitrogens with one attached hydrogen (secondary N) is 1. The number of ether oxygens (including phenoxy) is 1. The second-order valence-corrected chi connectivity index (χ2v) is 6.25. The van der Waals surface area contributed by atoms with Gasteiger partial charge in [0.2, 0.25) is 0 Å². The summed E-state index contributed by atoms with van der Waals surface area (Å²) < 4.78 is 8.16. The Labute approximate surface area is 172 Å². The molecule has 7 heteroatoms. The quantitative estimate of drug-likeness (QED) is 0.306. The van der Waals surface area contributed by atoms with Crippen LogP contribution >= 0.6 is 24.0 Å². The van der Waals surface area contributed by atoms with E-state index in [4.69, 9.17) is 4.74 Å². The highest BCUT2D eigenvalue weighted by Crippen LogP contribution is 2.18. The number of para-hydroxylation sites is 1. The molecule has 1 aromatic carbocycles. The number of benzene rings is 1. The van der Waals surface area contributed by atoms with Crippen molar-refractivity contribution in [3.63, 3.8) is 0 Å². The van der Waals surface area contributed by atoms with E-state index >= 15 is 0 Å². The highest BCUT2D eigenvalue weighted by molar-refractivity contribution is 14.0. The monoisotopic (exact) mass is 469 g/mol. The van der Waals surface area contributed by atoms with Gasteiger partial charge in [0, 0.05) is 58.5 Å². The van der Waals surface area contributed by atoms with Crippen LogP contribution in [-0.2, 0) is 6.54 Å². The number of likely N-dealkylation sites (tertiary alicyclic amines) is 1. The van der Waals surface area contributed by atoms with Gasteiger partial charge in [0.1, 0.15) is 11.9 Å². The molecule has 142 valence electrons. The predicted octanol–water partition coefficient (Wildman–Crippen LogP) is 3.01. The van der Waals surface area contributed by atoms with Crippen molar-refractivity contribution in [1.82, 2.24) is 19.8 Å². The van der Waals surface area contributed by atoms with E-state index in [1.165, 1.54) is 0 Å². The van der Waals surface area contributed by atoms with Gasteiger partial charge < -0.3 is 19.5 Å². The van der Waals surface area contributed by atoms with Crippen LogP contribution in [0.4, 0.5) is 0 Å². The molecular weight excluding hydrogens is 441 g/mol. The lowest BCUT2D eigenvalue weighted by Crippen LogP contribution is -2.47. The molecule has 0 unspecified atom stereocenters. The molecule has 0 aliphatic carbocycles. The summed E-state index contributed by atoms with van der Waals surface area (Å²) in [6, 6.07) is 10.1. The number of aromatic nitrogens is 2. The highest BCUT2D eigenvalue weighted by Gasteiger charge is 2.22. The van der Waals surface area contributed by atoms with Gasteiger partial charge in [-0.1, -0.05) is 18.2 Å². The van der Waals surface area contributed by atoms with Crippen molar-refractivity contribution < 1.29 is 4.74 Å². The summed E-state index contributed by atoms with van der Waals surface area (Å²) in [7, 11) is 1.85. The zero-order valence-corrected chi connectivity index (χ0v) is 17.6. The first-order chi connectivity index (χ1) is 12.3. The van der Waals surface area contributed by atoms with Gasteiger partial charge >= 0.3 is 0 Å². The molecule has 6 nitrogen and oxygen atoms in total. The van der Waals surface area contributed by atoms with Crippen LogP contribution in [-0.4, -0.2) is 53.2 Å². The van der Waals surface area contributed by atoms with Crippen LogP contribution in [0, 0.1) is 0 Å². The SMILES string of the molecule is CN=C(NCCCn1ccnc1)N1CCC(Oc2ccccc2)CC1.I. The molecule has 0 atom stereocenters. The van der Waals surface area contributed by atoms with Crippen molar-refractivity contribution in [2.45, 2.75) is 31.9 Å². The van der Waals surface area contributed by atoms with Crippen LogP contribution < -0.4 is 10.1 Å². The van der Waals surface area contributed by atoms with Crippen LogP contribution in [0.15, 0.2) is 54.0 Å². The first-order valence-corrected chi connectivity index (χ1v) is 8.98. The number of aryl methyl sites for hydroxylation is 1. The zero-order valence-electron chi connectivity index (χ0n) is 15.3. The minimum absolute atomic E-state index is 0. The minimum Gasteiger partial charge on any atom is -0.490 e. The number of halogens is 1. The Morgan fingerprint density at radius 1 is 1.27 bits per heavy atom. The number of nitrogens with zero attached hydrogens (tertiary/aromatic N) is 4. The lowest BCUT2D eigenvalue weighted by molar-refractivity contribution is 0.129. The van der Waals surface area contributed by atoms with Crippen LogP contribution in [0.2, 0.25) is 0 Å². The van der Waals surface area contributed by atoms with Gasteiger partial charge in [-0.15, -0.1) is 24.0 Å². The van der Waals surface area contributed by atoms with Gasteiger partial charge in [-0.3, -0.25) is 4.99 Å². The van der Waals surface area contributed by atoms with Crippen molar-refractivity contribution in [2.24, 2.45) is 4.99 Å². The number of imidazole rings is 1. The molecule has 2 aromatic rings. The Morgan fingerprint density at radius 2 is 2.04 bits per heavy atom. The summed E-state index contributed by atoms with van der Waals surface area (Å²) in [5.41, 5.74) is 0. The van der Waals surface area contributed by atoms with Crippen molar-refractivity contribution in [2.75, 3.05) is 26.7 Å². The summed E-state index contributed by atoms with van der Waals surface area (Å²) in [6.07, 6.45) is 9.03. The fourth-order valence-electron chi connectivity index (χ4n) is 3.09. The van der Waals surface area contributed by atoms with E-state index in [0.717, 1.165) is 57.2 Å². The van der Waals surface area contributed by atoms with Crippen LogP contribution in [0.5, 0.6) is 5.75 Å². The maximum atomic E-state index is 6.06. The molecule has 1 saturated heterocycles. The maximum absolute atomic E-state index is 6.06. The molecule has 26 heavy (non-hydrogen) atoms. The molecule has 0 saturated carbocycles. The predicted molar refractivity (Wildman–Crippen MR) is 115 cm³/mol. The van der Waals surface area contributed by atoms with Gasteiger partial charge in [0.15, 0.2) is 5.96 Å². The summed E-state index contributed by atoms with van der Waals surface area (Å²) in [6.45, 7) is 3.82. The van der Waals surface area contributed by atoms with Crippen LogP contribution in [0.3, 0.4) is 0 Å². The van der Waals surface area contributed by atoms with Crippen molar-refractivity contribution in [3.05, 3.63) is 49.1 Å². The summed E-state index contributed by atoms with van der Waals surface area (Å²) in [5.74, 6) is 1.95. The Kier molecular flexibility index (Phi) is 8.73. The van der Waals surface area contributed by atoms with Crippen molar-refractivity contribution in [3.8, 4) is 5.75 Å². The van der Waals surface area contributed by atoms with E-state index in [-0.39, 0.29) is 30.1 Å². The zero-order chi connectivity index (χ0) is 17.3. The van der Waals surface area contributed by atoms with Gasteiger partial charge in [-0.05, 0) is 18.6 Å². The van der Waals surface area contributed by atoms with E-state index in [0.29, 0.717) is 0 Å². The fourth-order valence-corrected chi connectivity index (χ4v) is 3.09. The fraction of sp³-hybridized carbons (Fsp3) is 0.474. The Morgan fingerprint density at radius 3 is 2.69 bits per heavy atom. The van der Waals surface area contributed by atoms with E-state index in [1.807, 2.05) is 56.1 Å². The lowest BCUT2D eigenvalue weighted by Gasteiger charge is -2.34. The van der Waals surface area contributed by atoms with Gasteiger partial charge in [-0.2, -0.15) is 0 Å². The van der Waals surface area contributed by atoms with E-state index in [9.17, 15) is 0 Å². The summed E-state index contributed by atoms with van der Waals surface area (Å²) in [4.78, 5) is 10.8. The third-order valence-electron chi connectivity index (χ3n) is 4.43. The van der Waals surface area contributed by atoms with Gasteiger partial charge in [0.05, 0.1) is 6.33 Å². The summed E-state index contributed by atoms with van der Waals surface area (Å²) in [5, 5.41) is 3.47. The number of rotatable bonds is 6. The Bertz CT molecular complexity index is 639. The van der Waals surface area contributed by atoms with Gasteiger partial charge in [-0.25, -0.2) is 4.98 Å². The molecule has 0 spiro atoms. The van der Waals surface area contributed by atoms with E-state index in [1.54, 1.807) is 0 Å². The first kappa shape index (κ1) is 20.5. The number of hydrogen-bond donors (Lipinski definition) is 1. The average Bonchev–Trinajstić information content (AvgIpc) is 3.17. The molecule has 1 N–H and O–H groups in total. The van der Waals surface area contributed by atoms with Crippen LogP contribution in [0.25, 0.3) is 0 Å². The molecule has 0 amide bonds. The van der Waals surface area contributed by atoms with Crippen molar-refractivity contribution in [1.29, 1.82) is 0 Å². The molecule has 2 heterocycles. The minimum atomic E-state index is 0. The number of aliphatic imine (C=N–C) groups is 1. The largest absolute Gasteiger partial charge is 0.490 e.